The summed E-state index contributed by atoms with van der Waals surface area (Å²) in [5, 5.41) is 5.54. The van der Waals surface area contributed by atoms with Crippen LogP contribution in [0.5, 0.6) is 0 Å². The number of benzene rings is 1. The molecule has 1 aromatic carbocycles. The van der Waals surface area contributed by atoms with Crippen LogP contribution in [-0.4, -0.2) is 16.8 Å². The van der Waals surface area contributed by atoms with Gasteiger partial charge in [-0.15, -0.1) is 0 Å². The molecular weight excluding hydrogens is 278 g/mol. The lowest BCUT2D eigenvalue weighted by atomic mass is 10.0. The highest BCUT2D eigenvalue weighted by atomic mass is 16.2. The predicted octanol–water partition coefficient (Wildman–Crippen LogP) is 2.60. The number of nitrogens with one attached hydrogen (secondary N) is 2. The number of nitrogens with zero attached hydrogens (tertiary/aromatic N) is 1. The van der Waals surface area contributed by atoms with E-state index >= 15 is 0 Å². The summed E-state index contributed by atoms with van der Waals surface area (Å²) in [5.41, 5.74) is 1.92. The molecule has 2 amide bonds. The molecule has 0 saturated carbocycles. The summed E-state index contributed by atoms with van der Waals surface area (Å²) >= 11 is 0. The molecule has 0 spiro atoms. The maximum Gasteiger partial charge on any atom is 0.227 e. The molecule has 2 aromatic rings. The van der Waals surface area contributed by atoms with Crippen molar-refractivity contribution in [2.45, 2.75) is 26.3 Å². The van der Waals surface area contributed by atoms with Gasteiger partial charge >= 0.3 is 0 Å². The second-order valence-electron chi connectivity index (χ2n) is 5.14. The number of rotatable bonds is 5. The van der Waals surface area contributed by atoms with Gasteiger partial charge in [0, 0.05) is 13.1 Å². The molecule has 0 radical (unpaired) electrons. The van der Waals surface area contributed by atoms with Crippen LogP contribution >= 0.6 is 0 Å². The molecular formula is C17H19N3O2. The number of hydrogen-bond donors (Lipinski definition) is 2. The number of aryl methyl sites for hydroxylation is 1. The van der Waals surface area contributed by atoms with Gasteiger partial charge in [0.05, 0.1) is 12.5 Å². The van der Waals surface area contributed by atoms with Crippen LogP contribution in [0, 0.1) is 6.92 Å². The van der Waals surface area contributed by atoms with Crippen molar-refractivity contribution < 1.29 is 9.59 Å². The van der Waals surface area contributed by atoms with Crippen molar-refractivity contribution in [2.75, 3.05) is 5.32 Å². The van der Waals surface area contributed by atoms with Crippen molar-refractivity contribution in [1.82, 2.24) is 10.3 Å². The van der Waals surface area contributed by atoms with Gasteiger partial charge in [-0.1, -0.05) is 36.4 Å². The van der Waals surface area contributed by atoms with Crippen LogP contribution in [0.25, 0.3) is 0 Å². The molecule has 1 aromatic heterocycles. The Hall–Kier alpha value is -2.69. The molecule has 1 heterocycles. The Kier molecular flexibility index (Phi) is 5.25. The Balaban J connectivity index is 2.04. The minimum atomic E-state index is -0.357. The molecule has 5 nitrogen and oxygen atoms in total. The van der Waals surface area contributed by atoms with Crippen molar-refractivity contribution in [3.8, 4) is 0 Å². The van der Waals surface area contributed by atoms with Gasteiger partial charge in [0.1, 0.15) is 5.82 Å². The number of anilines is 1. The zero-order valence-corrected chi connectivity index (χ0v) is 12.7. The molecule has 0 aliphatic heterocycles. The topological polar surface area (TPSA) is 71.1 Å². The summed E-state index contributed by atoms with van der Waals surface area (Å²) in [5.74, 6) is 0.138. The first-order chi connectivity index (χ1) is 10.5. The molecule has 114 valence electrons. The van der Waals surface area contributed by atoms with E-state index in [-0.39, 0.29) is 24.3 Å². The lowest BCUT2D eigenvalue weighted by Gasteiger charge is -2.18. The van der Waals surface area contributed by atoms with Gasteiger partial charge < -0.3 is 10.6 Å². The quantitative estimate of drug-likeness (QED) is 0.891. The highest BCUT2D eigenvalue weighted by Gasteiger charge is 2.17. The first-order valence-electron chi connectivity index (χ1n) is 7.09. The fourth-order valence-corrected chi connectivity index (χ4v) is 2.10. The second-order valence-corrected chi connectivity index (χ2v) is 5.14. The Morgan fingerprint density at radius 2 is 1.86 bits per heavy atom. The van der Waals surface area contributed by atoms with Crippen molar-refractivity contribution in [1.29, 1.82) is 0 Å². The van der Waals surface area contributed by atoms with Gasteiger partial charge in [-0.05, 0) is 24.1 Å². The molecule has 0 bridgehead atoms. The summed E-state index contributed by atoms with van der Waals surface area (Å²) < 4.78 is 0. The number of hydrogen-bond acceptors (Lipinski definition) is 3. The van der Waals surface area contributed by atoms with Crippen LogP contribution < -0.4 is 10.6 Å². The van der Waals surface area contributed by atoms with E-state index in [1.54, 1.807) is 12.3 Å². The first-order valence-corrected chi connectivity index (χ1v) is 7.09. The van der Waals surface area contributed by atoms with E-state index in [0.717, 1.165) is 11.1 Å². The van der Waals surface area contributed by atoms with Gasteiger partial charge in [0.25, 0.3) is 0 Å². The van der Waals surface area contributed by atoms with E-state index < -0.39 is 0 Å². The van der Waals surface area contributed by atoms with Crippen LogP contribution in [0.1, 0.15) is 30.5 Å². The van der Waals surface area contributed by atoms with Gasteiger partial charge in [-0.2, -0.15) is 0 Å². The fourth-order valence-electron chi connectivity index (χ4n) is 2.10. The summed E-state index contributed by atoms with van der Waals surface area (Å²) in [4.78, 5) is 27.6. The number of carbonyl (C=O) groups excluding carboxylic acids is 2. The lowest BCUT2D eigenvalue weighted by Crippen LogP contribution is -2.29. The average Bonchev–Trinajstić information content (AvgIpc) is 2.49. The minimum absolute atomic E-state index is 0.152. The van der Waals surface area contributed by atoms with Crippen molar-refractivity contribution in [2.24, 2.45) is 0 Å². The first kappa shape index (κ1) is 15.7. The van der Waals surface area contributed by atoms with Gasteiger partial charge in [0.15, 0.2) is 0 Å². The number of amides is 2. The maximum atomic E-state index is 12.2. The molecule has 0 saturated heterocycles. The smallest absolute Gasteiger partial charge is 0.227 e. The normalized spacial score (nSPS) is 11.5. The Morgan fingerprint density at radius 1 is 1.14 bits per heavy atom. The summed E-state index contributed by atoms with van der Waals surface area (Å²) in [7, 11) is 0. The fraction of sp³-hybridized carbons (Fsp3) is 0.235. The highest BCUT2D eigenvalue weighted by Crippen LogP contribution is 2.17. The largest absolute Gasteiger partial charge is 0.349 e. The van der Waals surface area contributed by atoms with Crippen LogP contribution in [0.2, 0.25) is 0 Å². The molecule has 2 N–H and O–H groups in total. The molecule has 0 aliphatic rings. The van der Waals surface area contributed by atoms with E-state index in [1.165, 1.54) is 6.92 Å². The molecule has 0 aliphatic carbocycles. The standard InChI is InChI=1S/C17H19N3O2/c1-12-8-9-16(18-11-12)20-17(22)10-15(19-13(2)21)14-6-4-3-5-7-14/h3-9,11,15H,10H2,1-2H3,(H,19,21)(H,18,20,22). The van der Waals surface area contributed by atoms with Gasteiger partial charge in [-0.3, -0.25) is 9.59 Å². The Morgan fingerprint density at radius 3 is 2.45 bits per heavy atom. The van der Waals surface area contributed by atoms with E-state index in [4.69, 9.17) is 0 Å². The molecule has 0 fully saturated rings. The Labute approximate surface area is 129 Å². The zero-order valence-electron chi connectivity index (χ0n) is 12.7. The van der Waals surface area contributed by atoms with E-state index in [2.05, 4.69) is 15.6 Å². The molecule has 2 rings (SSSR count). The third-order valence-corrected chi connectivity index (χ3v) is 3.15. The SMILES string of the molecule is CC(=O)NC(CC(=O)Nc1ccc(C)cn1)c1ccccc1. The molecule has 1 atom stereocenters. The molecule has 1 unspecified atom stereocenters. The monoisotopic (exact) mass is 297 g/mol. The van der Waals surface area contributed by atoms with Crippen LogP contribution in [-0.2, 0) is 9.59 Å². The summed E-state index contributed by atoms with van der Waals surface area (Å²) in [6.07, 6.45) is 1.84. The minimum Gasteiger partial charge on any atom is -0.349 e. The van der Waals surface area contributed by atoms with E-state index in [1.807, 2.05) is 43.3 Å². The van der Waals surface area contributed by atoms with Crippen LogP contribution in [0.15, 0.2) is 48.7 Å². The number of carbonyl (C=O) groups is 2. The van der Waals surface area contributed by atoms with Crippen molar-refractivity contribution in [3.63, 3.8) is 0 Å². The lowest BCUT2D eigenvalue weighted by molar-refractivity contribution is -0.120. The molecule has 5 heteroatoms. The second kappa shape index (κ2) is 7.36. The highest BCUT2D eigenvalue weighted by molar-refractivity contribution is 5.90. The van der Waals surface area contributed by atoms with Crippen molar-refractivity contribution >= 4 is 17.6 Å². The maximum absolute atomic E-state index is 12.2. The van der Waals surface area contributed by atoms with Gasteiger partial charge in [-0.25, -0.2) is 4.98 Å². The summed E-state index contributed by atoms with van der Waals surface area (Å²) in [6.45, 7) is 3.37. The zero-order chi connectivity index (χ0) is 15.9. The summed E-state index contributed by atoms with van der Waals surface area (Å²) in [6, 6.07) is 12.7. The third-order valence-electron chi connectivity index (χ3n) is 3.15. The third kappa shape index (κ3) is 4.70. The van der Waals surface area contributed by atoms with Gasteiger partial charge in [0.2, 0.25) is 11.8 Å². The number of aromatic nitrogens is 1. The van der Waals surface area contributed by atoms with Crippen LogP contribution in [0.4, 0.5) is 5.82 Å². The van der Waals surface area contributed by atoms with Crippen LogP contribution in [0.3, 0.4) is 0 Å². The predicted molar refractivity (Wildman–Crippen MR) is 85.2 cm³/mol. The van der Waals surface area contributed by atoms with E-state index in [9.17, 15) is 9.59 Å². The average molecular weight is 297 g/mol. The Bertz CT molecular complexity index is 639. The molecule has 22 heavy (non-hydrogen) atoms. The number of pyridine rings is 1. The van der Waals surface area contributed by atoms with Crippen molar-refractivity contribution in [3.05, 3.63) is 59.8 Å². The van der Waals surface area contributed by atoms with E-state index in [0.29, 0.717) is 5.82 Å².